The lowest BCUT2D eigenvalue weighted by Crippen LogP contribution is -2.30. The molecule has 0 saturated carbocycles. The van der Waals surface area contributed by atoms with Gasteiger partial charge in [0.1, 0.15) is 9.96 Å². The summed E-state index contributed by atoms with van der Waals surface area (Å²) in [6.45, 7) is 5.56. The van der Waals surface area contributed by atoms with Crippen molar-refractivity contribution in [2.24, 2.45) is 0 Å². The number of hydrogen-bond acceptors (Lipinski definition) is 5. The normalized spacial score (nSPS) is 12.3. The maximum Gasteiger partial charge on any atom is 0.273 e. The van der Waals surface area contributed by atoms with Gasteiger partial charge in [0.25, 0.3) is 15.9 Å². The molecule has 0 aliphatic carbocycles. The molecule has 0 aliphatic heterocycles. The monoisotopic (exact) mass is 444 g/mol. The Morgan fingerprint density at radius 1 is 1.10 bits per heavy atom. The highest BCUT2D eigenvalue weighted by molar-refractivity contribution is 7.94. The van der Waals surface area contributed by atoms with Crippen LogP contribution >= 0.6 is 11.3 Å². The predicted molar refractivity (Wildman–Crippen MR) is 121 cm³/mol. The molecule has 1 aromatic heterocycles. The van der Waals surface area contributed by atoms with Crippen LogP contribution in [0.5, 0.6) is 5.75 Å². The Labute approximate surface area is 181 Å². The Kier molecular flexibility index (Phi) is 6.48. The van der Waals surface area contributed by atoms with Gasteiger partial charge in [-0.1, -0.05) is 18.2 Å². The van der Waals surface area contributed by atoms with E-state index in [1.54, 1.807) is 48.7 Å². The number of carbonyl (C=O) groups is 1. The van der Waals surface area contributed by atoms with E-state index in [1.165, 1.54) is 22.7 Å². The molecule has 0 bridgehead atoms. The van der Waals surface area contributed by atoms with Crippen molar-refractivity contribution >= 4 is 38.6 Å². The van der Waals surface area contributed by atoms with Crippen LogP contribution in [0.2, 0.25) is 0 Å². The van der Waals surface area contributed by atoms with Gasteiger partial charge in [0, 0.05) is 12.7 Å². The van der Waals surface area contributed by atoms with Crippen LogP contribution in [0.3, 0.4) is 0 Å². The zero-order valence-corrected chi connectivity index (χ0v) is 18.9. The van der Waals surface area contributed by atoms with Gasteiger partial charge in [-0.3, -0.25) is 9.10 Å². The molecule has 1 heterocycles. The lowest BCUT2D eigenvalue weighted by atomic mass is 10.1. The van der Waals surface area contributed by atoms with Gasteiger partial charge in [0.2, 0.25) is 0 Å². The Morgan fingerprint density at radius 2 is 1.80 bits per heavy atom. The molecule has 1 atom stereocenters. The fraction of sp³-hybridized carbons (Fsp3) is 0.227. The third-order valence-corrected chi connectivity index (χ3v) is 7.80. The fourth-order valence-corrected chi connectivity index (χ4v) is 5.14. The van der Waals surface area contributed by atoms with Crippen molar-refractivity contribution in [3.63, 3.8) is 0 Å². The Morgan fingerprint density at radius 3 is 2.43 bits per heavy atom. The molecule has 1 N–H and O–H groups in total. The largest absolute Gasteiger partial charge is 0.481 e. The molecular weight excluding hydrogens is 420 g/mol. The third-order valence-electron chi connectivity index (χ3n) is 4.64. The van der Waals surface area contributed by atoms with Crippen LogP contribution in [0, 0.1) is 13.8 Å². The molecule has 2 aromatic carbocycles. The highest BCUT2D eigenvalue weighted by Gasteiger charge is 2.22. The summed E-state index contributed by atoms with van der Waals surface area (Å²) in [4.78, 5) is 12.5. The van der Waals surface area contributed by atoms with E-state index in [9.17, 15) is 13.2 Å². The second-order valence-corrected chi connectivity index (χ2v) is 10.1. The van der Waals surface area contributed by atoms with E-state index in [-0.39, 0.29) is 10.1 Å². The maximum atomic E-state index is 12.6. The molecule has 0 saturated heterocycles. The minimum absolute atomic E-state index is 0.259. The molecule has 158 valence electrons. The van der Waals surface area contributed by atoms with Gasteiger partial charge in [0.15, 0.2) is 6.10 Å². The molecule has 8 heteroatoms. The number of amides is 1. The van der Waals surface area contributed by atoms with Gasteiger partial charge in [-0.05, 0) is 73.7 Å². The van der Waals surface area contributed by atoms with Gasteiger partial charge in [-0.15, -0.1) is 11.3 Å². The SMILES string of the molecule is Cc1ccc(C)c(NC(=O)C(C)Oc2ccc(N(C)S(=O)(=O)c3cccs3)cc2)c1. The summed E-state index contributed by atoms with van der Waals surface area (Å²) in [5, 5.41) is 4.61. The van der Waals surface area contributed by atoms with Crippen molar-refractivity contribution in [2.45, 2.75) is 31.1 Å². The van der Waals surface area contributed by atoms with Gasteiger partial charge in [-0.2, -0.15) is 0 Å². The standard InChI is InChI=1S/C22H24N2O4S2/c1-15-7-8-16(2)20(14-15)23-22(25)17(3)28-19-11-9-18(10-12-19)24(4)30(26,27)21-6-5-13-29-21/h5-14,17H,1-4H3,(H,23,25). The van der Waals surface area contributed by atoms with Crippen molar-refractivity contribution in [3.8, 4) is 5.75 Å². The van der Waals surface area contributed by atoms with Crippen LogP contribution in [0.15, 0.2) is 64.2 Å². The molecule has 3 aromatic rings. The number of hydrogen-bond donors (Lipinski definition) is 1. The zero-order chi connectivity index (χ0) is 21.9. The van der Waals surface area contributed by atoms with Crippen molar-refractivity contribution in [2.75, 3.05) is 16.7 Å². The number of aryl methyl sites for hydroxylation is 2. The molecule has 30 heavy (non-hydrogen) atoms. The summed E-state index contributed by atoms with van der Waals surface area (Å²) in [5.74, 6) is 0.217. The third kappa shape index (κ3) is 4.83. The number of benzene rings is 2. The second-order valence-electron chi connectivity index (χ2n) is 6.97. The maximum absolute atomic E-state index is 12.6. The van der Waals surface area contributed by atoms with E-state index >= 15 is 0 Å². The Hall–Kier alpha value is -2.84. The van der Waals surface area contributed by atoms with Crippen LogP contribution in [-0.4, -0.2) is 27.5 Å². The van der Waals surface area contributed by atoms with Gasteiger partial charge < -0.3 is 10.1 Å². The van der Waals surface area contributed by atoms with Gasteiger partial charge in [-0.25, -0.2) is 8.42 Å². The molecule has 0 spiro atoms. The molecular formula is C22H24N2O4S2. The fourth-order valence-electron chi connectivity index (χ4n) is 2.78. The number of rotatable bonds is 7. The van der Waals surface area contributed by atoms with E-state index in [0.29, 0.717) is 11.4 Å². The zero-order valence-electron chi connectivity index (χ0n) is 17.2. The van der Waals surface area contributed by atoms with Gasteiger partial charge in [0.05, 0.1) is 5.69 Å². The molecule has 1 unspecified atom stereocenters. The number of nitrogens with zero attached hydrogens (tertiary/aromatic N) is 1. The lowest BCUT2D eigenvalue weighted by Gasteiger charge is -2.20. The number of anilines is 2. The van der Waals surface area contributed by atoms with Crippen LogP contribution < -0.4 is 14.4 Å². The van der Waals surface area contributed by atoms with E-state index in [2.05, 4.69) is 5.32 Å². The average molecular weight is 445 g/mol. The number of ether oxygens (including phenoxy) is 1. The van der Waals surface area contributed by atoms with Crippen molar-refractivity contribution < 1.29 is 17.9 Å². The molecule has 3 rings (SSSR count). The molecule has 6 nitrogen and oxygen atoms in total. The molecule has 1 amide bonds. The first-order chi connectivity index (χ1) is 14.2. The summed E-state index contributed by atoms with van der Waals surface area (Å²) in [6.07, 6.45) is -0.719. The average Bonchev–Trinajstić information content (AvgIpc) is 3.26. The Balaban J connectivity index is 1.66. The Bertz CT molecular complexity index is 1120. The first-order valence-corrected chi connectivity index (χ1v) is 11.7. The number of carbonyl (C=O) groups excluding carboxylic acids is 1. The summed E-state index contributed by atoms with van der Waals surface area (Å²) in [5.41, 5.74) is 3.29. The minimum atomic E-state index is -3.59. The van der Waals surface area contributed by atoms with E-state index < -0.39 is 16.1 Å². The van der Waals surface area contributed by atoms with Crippen LogP contribution in [-0.2, 0) is 14.8 Å². The number of sulfonamides is 1. The first-order valence-electron chi connectivity index (χ1n) is 9.36. The predicted octanol–water partition coefficient (Wildman–Crippen LogP) is 4.60. The summed E-state index contributed by atoms with van der Waals surface area (Å²) >= 11 is 1.17. The van der Waals surface area contributed by atoms with Crippen LogP contribution in [0.1, 0.15) is 18.1 Å². The number of thiophene rings is 1. The summed E-state index contributed by atoms with van der Waals surface area (Å²) < 4.78 is 32.5. The van der Waals surface area contributed by atoms with E-state index in [1.807, 2.05) is 32.0 Å². The minimum Gasteiger partial charge on any atom is -0.481 e. The van der Waals surface area contributed by atoms with Crippen molar-refractivity contribution in [1.82, 2.24) is 0 Å². The van der Waals surface area contributed by atoms with E-state index in [4.69, 9.17) is 4.74 Å². The van der Waals surface area contributed by atoms with Crippen LogP contribution in [0.25, 0.3) is 0 Å². The van der Waals surface area contributed by atoms with Crippen molar-refractivity contribution in [3.05, 3.63) is 71.1 Å². The highest BCUT2D eigenvalue weighted by atomic mass is 32.2. The summed E-state index contributed by atoms with van der Waals surface area (Å²) in [6, 6.07) is 15.7. The highest BCUT2D eigenvalue weighted by Crippen LogP contribution is 2.27. The topological polar surface area (TPSA) is 75.7 Å². The summed E-state index contributed by atoms with van der Waals surface area (Å²) in [7, 11) is -2.09. The second kappa shape index (κ2) is 8.89. The van der Waals surface area contributed by atoms with Crippen LogP contribution in [0.4, 0.5) is 11.4 Å². The first kappa shape index (κ1) is 21.9. The molecule has 0 aliphatic rings. The molecule has 0 radical (unpaired) electrons. The lowest BCUT2D eigenvalue weighted by molar-refractivity contribution is -0.122. The van der Waals surface area contributed by atoms with Gasteiger partial charge >= 0.3 is 0 Å². The quantitative estimate of drug-likeness (QED) is 0.578. The van der Waals surface area contributed by atoms with Crippen molar-refractivity contribution in [1.29, 1.82) is 0 Å². The van der Waals surface area contributed by atoms with E-state index in [0.717, 1.165) is 16.8 Å². The molecule has 0 fully saturated rings. The smallest absolute Gasteiger partial charge is 0.273 e. The number of nitrogens with one attached hydrogen (secondary N) is 1.